The van der Waals surface area contributed by atoms with E-state index in [9.17, 15) is 0 Å². The van der Waals surface area contributed by atoms with Crippen molar-refractivity contribution < 1.29 is 4.74 Å². The number of thiophene rings is 1. The van der Waals surface area contributed by atoms with Crippen molar-refractivity contribution in [2.24, 2.45) is 7.05 Å². The van der Waals surface area contributed by atoms with Crippen LogP contribution in [0.1, 0.15) is 29.3 Å². The largest absolute Gasteiger partial charge is 0.497 e. The van der Waals surface area contributed by atoms with Gasteiger partial charge in [-0.05, 0) is 67.7 Å². The predicted molar refractivity (Wildman–Crippen MR) is 122 cm³/mol. The van der Waals surface area contributed by atoms with Crippen molar-refractivity contribution in [3.63, 3.8) is 0 Å². The molecule has 4 aromatic rings. The quantitative estimate of drug-likeness (QED) is 0.453. The van der Waals surface area contributed by atoms with Crippen LogP contribution < -0.4 is 4.74 Å². The van der Waals surface area contributed by atoms with E-state index < -0.39 is 0 Å². The van der Waals surface area contributed by atoms with Gasteiger partial charge in [0.15, 0.2) is 0 Å². The fourth-order valence-electron chi connectivity index (χ4n) is 4.32. The highest BCUT2D eigenvalue weighted by atomic mass is 32.1. The van der Waals surface area contributed by atoms with Gasteiger partial charge < -0.3 is 9.30 Å². The van der Waals surface area contributed by atoms with Crippen molar-refractivity contribution in [2.45, 2.75) is 25.3 Å². The van der Waals surface area contributed by atoms with Crippen LogP contribution in [-0.2, 0) is 13.6 Å². The minimum absolute atomic E-state index is 0.487. The number of rotatable bonds is 5. The average molecular weight is 419 g/mol. The van der Waals surface area contributed by atoms with Crippen molar-refractivity contribution in [3.8, 4) is 17.0 Å². The van der Waals surface area contributed by atoms with Crippen LogP contribution in [-0.4, -0.2) is 39.6 Å². The van der Waals surface area contributed by atoms with E-state index in [-0.39, 0.29) is 0 Å². The summed E-state index contributed by atoms with van der Waals surface area (Å²) in [6, 6.07) is 14.7. The van der Waals surface area contributed by atoms with E-state index in [0.717, 1.165) is 60.5 Å². The molecule has 6 heteroatoms. The number of hydrogen-bond acceptors (Lipinski definition) is 5. The molecule has 0 N–H and O–H groups in total. The average Bonchev–Trinajstić information content (AvgIpc) is 3.44. The Kier molecular flexibility index (Phi) is 5.27. The van der Waals surface area contributed by atoms with Gasteiger partial charge in [-0.3, -0.25) is 9.88 Å². The molecule has 0 aliphatic carbocycles. The first-order valence-electron chi connectivity index (χ1n) is 10.4. The number of fused-ring (bicyclic) bond motifs is 1. The number of nitrogens with zero attached hydrogens (tertiary/aromatic N) is 4. The van der Waals surface area contributed by atoms with Gasteiger partial charge in [-0.2, -0.15) is 0 Å². The highest BCUT2D eigenvalue weighted by molar-refractivity contribution is 7.09. The van der Waals surface area contributed by atoms with E-state index in [2.05, 4.69) is 57.2 Å². The maximum atomic E-state index is 5.32. The van der Waals surface area contributed by atoms with Gasteiger partial charge >= 0.3 is 0 Å². The number of piperidine rings is 1. The van der Waals surface area contributed by atoms with Crippen LogP contribution in [0, 0.1) is 0 Å². The number of imidazole rings is 1. The monoisotopic (exact) mass is 418 g/mol. The molecular formula is C24H26N4OS. The number of benzene rings is 1. The molecule has 0 atom stereocenters. The summed E-state index contributed by atoms with van der Waals surface area (Å²) in [5.41, 5.74) is 5.34. The normalized spacial score (nSPS) is 15.7. The predicted octanol–water partition coefficient (Wildman–Crippen LogP) is 5.09. The van der Waals surface area contributed by atoms with Crippen LogP contribution in [0.2, 0.25) is 0 Å². The molecule has 154 valence electrons. The lowest BCUT2D eigenvalue weighted by Gasteiger charge is -2.31. The second-order valence-electron chi connectivity index (χ2n) is 7.98. The Bertz CT molecular complexity index is 1130. The van der Waals surface area contributed by atoms with Crippen molar-refractivity contribution in [2.75, 3.05) is 20.2 Å². The third-order valence-electron chi connectivity index (χ3n) is 6.06. The lowest BCUT2D eigenvalue weighted by atomic mass is 9.92. The summed E-state index contributed by atoms with van der Waals surface area (Å²) in [5, 5.41) is 2.16. The Morgan fingerprint density at radius 3 is 2.63 bits per heavy atom. The highest BCUT2D eigenvalue weighted by Crippen LogP contribution is 2.34. The summed E-state index contributed by atoms with van der Waals surface area (Å²) >= 11 is 1.85. The summed E-state index contributed by atoms with van der Waals surface area (Å²) in [6.45, 7) is 3.30. The molecule has 0 saturated carbocycles. The fourth-order valence-corrected chi connectivity index (χ4v) is 5.06. The first-order chi connectivity index (χ1) is 14.7. The Labute approximate surface area is 181 Å². The first-order valence-corrected chi connectivity index (χ1v) is 11.3. The van der Waals surface area contributed by atoms with Crippen LogP contribution >= 0.6 is 11.3 Å². The van der Waals surface area contributed by atoms with E-state index in [1.807, 2.05) is 29.8 Å². The van der Waals surface area contributed by atoms with E-state index in [4.69, 9.17) is 9.72 Å². The smallest absolute Gasteiger partial charge is 0.118 e. The second-order valence-corrected chi connectivity index (χ2v) is 9.01. The van der Waals surface area contributed by atoms with Crippen molar-refractivity contribution in [1.82, 2.24) is 19.4 Å². The topological polar surface area (TPSA) is 43.2 Å². The minimum atomic E-state index is 0.487. The SMILES string of the molecule is COc1ccc(-c2nc(C3CCN(Cc4cccs4)CC3)cc3c2ncn3C)cc1. The van der Waals surface area contributed by atoms with Gasteiger partial charge in [0.1, 0.15) is 11.3 Å². The third-order valence-corrected chi connectivity index (χ3v) is 6.92. The van der Waals surface area contributed by atoms with E-state index in [1.54, 1.807) is 7.11 Å². The third kappa shape index (κ3) is 3.73. The molecule has 0 unspecified atom stereocenters. The van der Waals surface area contributed by atoms with Crippen LogP contribution in [0.5, 0.6) is 5.75 Å². The summed E-state index contributed by atoms with van der Waals surface area (Å²) in [4.78, 5) is 13.8. The Balaban J connectivity index is 1.42. The number of pyridine rings is 1. The van der Waals surface area contributed by atoms with Crippen molar-refractivity contribution >= 4 is 22.4 Å². The Morgan fingerprint density at radius 1 is 1.13 bits per heavy atom. The number of aromatic nitrogens is 3. The van der Waals surface area contributed by atoms with Crippen LogP contribution in [0.4, 0.5) is 0 Å². The number of hydrogen-bond donors (Lipinski definition) is 0. The highest BCUT2D eigenvalue weighted by Gasteiger charge is 2.24. The summed E-state index contributed by atoms with van der Waals surface area (Å²) in [7, 11) is 3.75. The van der Waals surface area contributed by atoms with Crippen molar-refractivity contribution in [3.05, 3.63) is 64.7 Å². The summed E-state index contributed by atoms with van der Waals surface area (Å²) in [6.07, 6.45) is 4.17. The summed E-state index contributed by atoms with van der Waals surface area (Å²) < 4.78 is 7.42. The summed E-state index contributed by atoms with van der Waals surface area (Å²) in [5.74, 6) is 1.34. The van der Waals surface area contributed by atoms with E-state index >= 15 is 0 Å². The molecule has 1 aliphatic rings. The van der Waals surface area contributed by atoms with Gasteiger partial charge in [0.05, 0.1) is 24.6 Å². The number of methoxy groups -OCH3 is 1. The zero-order valence-corrected chi connectivity index (χ0v) is 18.2. The molecule has 5 nitrogen and oxygen atoms in total. The van der Waals surface area contributed by atoms with Gasteiger partial charge in [-0.1, -0.05) is 6.07 Å². The van der Waals surface area contributed by atoms with Crippen molar-refractivity contribution in [1.29, 1.82) is 0 Å². The molecule has 1 aliphatic heterocycles. The van der Waals surface area contributed by atoms with E-state index in [1.165, 1.54) is 10.6 Å². The molecule has 1 fully saturated rings. The fraction of sp³-hybridized carbons (Fsp3) is 0.333. The molecule has 0 amide bonds. The van der Waals surface area contributed by atoms with Gasteiger partial charge in [-0.25, -0.2) is 4.98 Å². The number of ether oxygens (including phenoxy) is 1. The standard InChI is InChI=1S/C24H26N4OS/c1-27-16-25-24-22(27)14-21(26-23(24)18-5-7-19(29-2)8-6-18)17-9-11-28(12-10-17)15-20-4-3-13-30-20/h3-8,13-14,16-17H,9-12,15H2,1-2H3. The molecule has 5 rings (SSSR count). The lowest BCUT2D eigenvalue weighted by Crippen LogP contribution is -2.32. The van der Waals surface area contributed by atoms with Gasteiger partial charge in [0.25, 0.3) is 0 Å². The molecule has 4 heterocycles. The number of aryl methyl sites for hydroxylation is 1. The Hall–Kier alpha value is -2.70. The van der Waals surface area contributed by atoms with Gasteiger partial charge in [0.2, 0.25) is 0 Å². The molecular weight excluding hydrogens is 392 g/mol. The molecule has 0 bridgehead atoms. The maximum absolute atomic E-state index is 5.32. The molecule has 0 spiro atoms. The zero-order chi connectivity index (χ0) is 20.5. The van der Waals surface area contributed by atoms with Crippen LogP contribution in [0.25, 0.3) is 22.3 Å². The molecule has 30 heavy (non-hydrogen) atoms. The second kappa shape index (κ2) is 8.20. The first kappa shape index (κ1) is 19.3. The van der Waals surface area contributed by atoms with Gasteiger partial charge in [-0.15, -0.1) is 11.3 Å². The maximum Gasteiger partial charge on any atom is 0.118 e. The molecule has 3 aromatic heterocycles. The number of likely N-dealkylation sites (tertiary alicyclic amines) is 1. The lowest BCUT2D eigenvalue weighted by molar-refractivity contribution is 0.205. The van der Waals surface area contributed by atoms with Gasteiger partial charge in [0, 0.05) is 35.6 Å². The molecule has 0 radical (unpaired) electrons. The van der Waals surface area contributed by atoms with Crippen LogP contribution in [0.3, 0.4) is 0 Å². The minimum Gasteiger partial charge on any atom is -0.497 e. The zero-order valence-electron chi connectivity index (χ0n) is 17.4. The Morgan fingerprint density at radius 2 is 1.93 bits per heavy atom. The van der Waals surface area contributed by atoms with E-state index in [0.29, 0.717) is 5.92 Å². The van der Waals surface area contributed by atoms with Crippen LogP contribution in [0.15, 0.2) is 54.2 Å². The molecule has 1 saturated heterocycles. The molecule has 1 aromatic carbocycles.